The number of halogens is 1. The van der Waals surface area contributed by atoms with Gasteiger partial charge in [0.05, 0.1) is 29.9 Å². The number of nitrogens with zero attached hydrogens (tertiary/aromatic N) is 3. The maximum atomic E-state index is 14.0. The molecule has 0 spiro atoms. The highest BCUT2D eigenvalue weighted by molar-refractivity contribution is 7.90. The summed E-state index contributed by atoms with van der Waals surface area (Å²) in [6.07, 6.45) is 4.69. The molecule has 28 heavy (non-hydrogen) atoms. The molecule has 0 amide bonds. The van der Waals surface area contributed by atoms with Gasteiger partial charge < -0.3 is 21.5 Å². The van der Waals surface area contributed by atoms with Gasteiger partial charge in [0.2, 0.25) is 5.95 Å². The van der Waals surface area contributed by atoms with E-state index >= 15 is 0 Å². The smallest absolute Gasteiger partial charge is 0.229 e. The van der Waals surface area contributed by atoms with Gasteiger partial charge in [-0.15, -0.1) is 0 Å². The molecule has 5 N–H and O–H groups in total. The van der Waals surface area contributed by atoms with Crippen LogP contribution in [0.2, 0.25) is 0 Å². The van der Waals surface area contributed by atoms with Crippen LogP contribution < -0.4 is 16.4 Å². The summed E-state index contributed by atoms with van der Waals surface area (Å²) in [5, 5.41) is 14.3. The Bertz CT molecular complexity index is 979. The molecule has 0 saturated heterocycles. The maximum absolute atomic E-state index is 14.0. The van der Waals surface area contributed by atoms with Gasteiger partial charge in [-0.1, -0.05) is 18.2 Å². The van der Waals surface area contributed by atoms with Crippen LogP contribution in [0, 0.1) is 5.82 Å². The van der Waals surface area contributed by atoms with Gasteiger partial charge in [0, 0.05) is 25.2 Å². The van der Waals surface area contributed by atoms with Gasteiger partial charge in [-0.2, -0.15) is 4.98 Å². The second-order valence-electron chi connectivity index (χ2n) is 5.63. The predicted molar refractivity (Wildman–Crippen MR) is 105 cm³/mol. The molecule has 1 heterocycles. The Hall–Kier alpha value is -3.05. The standard InChI is InChI=1S/C17H21FN6O3S/c1-28(26,27)15-5-3-2-4-12(15)9-21-16-14(18)11-22-17(24-16)23-13(8-19)10-20-6-7-25/h2-5,8,10-11,25H,6-7,9,19H2,1H3,(H2,21,22,23,24). The van der Waals surface area contributed by atoms with Crippen molar-refractivity contribution in [1.82, 2.24) is 9.97 Å². The van der Waals surface area contributed by atoms with Gasteiger partial charge in [-0.05, 0) is 11.6 Å². The van der Waals surface area contributed by atoms with Crippen LogP contribution in [0.25, 0.3) is 0 Å². The lowest BCUT2D eigenvalue weighted by molar-refractivity contribution is 0.307. The number of nitrogens with one attached hydrogen (secondary N) is 2. The van der Waals surface area contributed by atoms with Gasteiger partial charge in [0.15, 0.2) is 21.5 Å². The van der Waals surface area contributed by atoms with Crippen molar-refractivity contribution in [3.63, 3.8) is 0 Å². The lowest BCUT2D eigenvalue weighted by Crippen LogP contribution is -2.12. The van der Waals surface area contributed by atoms with E-state index < -0.39 is 15.7 Å². The molecular formula is C17H21FN6O3S. The summed E-state index contributed by atoms with van der Waals surface area (Å²) >= 11 is 0. The zero-order chi connectivity index (χ0) is 20.6. The van der Waals surface area contributed by atoms with E-state index in [1.54, 1.807) is 18.2 Å². The van der Waals surface area contributed by atoms with Gasteiger partial charge in [0.25, 0.3) is 0 Å². The fourth-order valence-corrected chi connectivity index (χ4v) is 3.15. The Kier molecular flexibility index (Phi) is 7.41. The molecule has 0 fully saturated rings. The average Bonchev–Trinajstić information content (AvgIpc) is 2.67. The van der Waals surface area contributed by atoms with Crippen molar-refractivity contribution in [2.24, 2.45) is 10.7 Å². The molecule has 150 valence electrons. The SMILES string of the molecule is CS(=O)(=O)c1ccccc1CNc1nc(NC(C=NCCO)=CN)ncc1F. The van der Waals surface area contributed by atoms with E-state index in [-0.39, 0.29) is 36.4 Å². The third kappa shape index (κ3) is 5.99. The fraction of sp³-hybridized carbons (Fsp3) is 0.235. The highest BCUT2D eigenvalue weighted by Gasteiger charge is 2.14. The first-order chi connectivity index (χ1) is 13.3. The summed E-state index contributed by atoms with van der Waals surface area (Å²) in [6.45, 7) is 0.147. The molecule has 0 aliphatic carbocycles. The van der Waals surface area contributed by atoms with Crippen LogP contribution in [0.3, 0.4) is 0 Å². The zero-order valence-corrected chi connectivity index (χ0v) is 15.9. The van der Waals surface area contributed by atoms with Crippen LogP contribution in [0.1, 0.15) is 5.56 Å². The first kappa shape index (κ1) is 21.3. The Morgan fingerprint density at radius 1 is 1.39 bits per heavy atom. The van der Waals surface area contributed by atoms with E-state index in [1.165, 1.54) is 18.5 Å². The predicted octanol–water partition coefficient (Wildman–Crippen LogP) is 0.906. The van der Waals surface area contributed by atoms with Crippen LogP contribution in [-0.2, 0) is 16.4 Å². The lowest BCUT2D eigenvalue weighted by Gasteiger charge is -2.11. The summed E-state index contributed by atoms with van der Waals surface area (Å²) in [7, 11) is -3.42. The number of aliphatic hydroxyl groups is 1. The minimum absolute atomic E-state index is 0.0498. The minimum Gasteiger partial charge on any atom is -0.403 e. The molecule has 9 nitrogen and oxygen atoms in total. The Morgan fingerprint density at radius 3 is 2.82 bits per heavy atom. The topological polar surface area (TPSA) is 143 Å². The molecule has 2 aromatic rings. The lowest BCUT2D eigenvalue weighted by atomic mass is 10.2. The number of aromatic nitrogens is 2. The first-order valence-electron chi connectivity index (χ1n) is 8.19. The van der Waals surface area contributed by atoms with E-state index in [9.17, 15) is 12.8 Å². The molecule has 0 saturated carbocycles. The molecule has 0 aliphatic rings. The normalized spacial score (nSPS) is 12.3. The van der Waals surface area contributed by atoms with Gasteiger partial charge >= 0.3 is 0 Å². The Labute approximate surface area is 162 Å². The number of aliphatic imine (C=N–C) groups is 1. The van der Waals surface area contributed by atoms with Crippen molar-refractivity contribution >= 4 is 27.8 Å². The monoisotopic (exact) mass is 408 g/mol. The second kappa shape index (κ2) is 9.76. The second-order valence-corrected chi connectivity index (χ2v) is 7.61. The van der Waals surface area contributed by atoms with E-state index in [0.29, 0.717) is 11.3 Å². The Balaban J connectivity index is 2.17. The highest BCUT2D eigenvalue weighted by atomic mass is 32.2. The van der Waals surface area contributed by atoms with Crippen molar-refractivity contribution in [3.8, 4) is 0 Å². The largest absolute Gasteiger partial charge is 0.403 e. The third-order valence-electron chi connectivity index (χ3n) is 3.46. The Morgan fingerprint density at radius 2 is 2.14 bits per heavy atom. The summed E-state index contributed by atoms with van der Waals surface area (Å²) in [4.78, 5) is 11.9. The van der Waals surface area contributed by atoms with Crippen molar-refractivity contribution < 1.29 is 17.9 Å². The average molecular weight is 408 g/mol. The number of allylic oxidation sites excluding steroid dienone is 1. The van der Waals surface area contributed by atoms with Crippen molar-refractivity contribution in [1.29, 1.82) is 0 Å². The number of aliphatic hydroxyl groups excluding tert-OH is 1. The quantitative estimate of drug-likeness (QED) is 0.448. The number of benzene rings is 1. The van der Waals surface area contributed by atoms with Crippen LogP contribution in [-0.4, -0.2) is 49.1 Å². The van der Waals surface area contributed by atoms with Crippen molar-refractivity contribution in [3.05, 3.63) is 53.7 Å². The molecule has 2 rings (SSSR count). The van der Waals surface area contributed by atoms with E-state index in [4.69, 9.17) is 10.8 Å². The maximum Gasteiger partial charge on any atom is 0.229 e. The van der Waals surface area contributed by atoms with Crippen LogP contribution in [0.5, 0.6) is 0 Å². The number of sulfone groups is 1. The van der Waals surface area contributed by atoms with E-state index in [0.717, 1.165) is 12.5 Å². The van der Waals surface area contributed by atoms with Crippen LogP contribution in [0.15, 0.2) is 52.2 Å². The van der Waals surface area contributed by atoms with Crippen LogP contribution >= 0.6 is 0 Å². The molecule has 0 atom stereocenters. The molecule has 0 radical (unpaired) electrons. The number of hydrogen-bond acceptors (Lipinski definition) is 9. The molecule has 1 aromatic carbocycles. The zero-order valence-electron chi connectivity index (χ0n) is 15.1. The highest BCUT2D eigenvalue weighted by Crippen LogP contribution is 2.18. The van der Waals surface area contributed by atoms with Crippen molar-refractivity contribution in [2.75, 3.05) is 30.0 Å². The molecule has 0 aliphatic heterocycles. The van der Waals surface area contributed by atoms with Crippen LogP contribution in [0.4, 0.5) is 16.2 Å². The van der Waals surface area contributed by atoms with Gasteiger partial charge in [-0.25, -0.2) is 17.8 Å². The molecule has 0 bridgehead atoms. The van der Waals surface area contributed by atoms with E-state index in [1.807, 2.05) is 0 Å². The summed E-state index contributed by atoms with van der Waals surface area (Å²) in [5.41, 5.74) is 6.32. The van der Waals surface area contributed by atoms with Crippen molar-refractivity contribution in [2.45, 2.75) is 11.4 Å². The fourth-order valence-electron chi connectivity index (χ4n) is 2.21. The number of anilines is 2. The molecular weight excluding hydrogens is 387 g/mol. The minimum atomic E-state index is -3.42. The molecule has 0 unspecified atom stereocenters. The summed E-state index contributed by atoms with van der Waals surface area (Å²) in [6, 6.07) is 6.43. The number of rotatable bonds is 9. The van der Waals surface area contributed by atoms with Gasteiger partial charge in [-0.3, -0.25) is 4.99 Å². The molecule has 11 heteroatoms. The summed E-state index contributed by atoms with van der Waals surface area (Å²) in [5.74, 6) is -0.744. The summed E-state index contributed by atoms with van der Waals surface area (Å²) < 4.78 is 37.8. The first-order valence-corrected chi connectivity index (χ1v) is 10.1. The van der Waals surface area contributed by atoms with Gasteiger partial charge in [0.1, 0.15) is 0 Å². The number of nitrogens with two attached hydrogens (primary N) is 1. The third-order valence-corrected chi connectivity index (χ3v) is 4.65. The number of hydrogen-bond donors (Lipinski definition) is 4. The molecule has 1 aromatic heterocycles. The van der Waals surface area contributed by atoms with E-state index in [2.05, 4.69) is 25.6 Å².